The molecule has 0 unspecified atom stereocenters. The molecule has 0 aromatic carbocycles. The number of nitrogens with zero attached hydrogens (tertiary/aromatic N) is 2. The molecule has 1 aromatic rings. The number of carbonyl (C=O) groups is 1. The van der Waals surface area contributed by atoms with E-state index < -0.39 is 0 Å². The van der Waals surface area contributed by atoms with E-state index in [1.807, 2.05) is 31.9 Å². The summed E-state index contributed by atoms with van der Waals surface area (Å²) in [4.78, 5) is 17.7. The van der Waals surface area contributed by atoms with Crippen LogP contribution in [0.2, 0.25) is 0 Å². The fourth-order valence-electron chi connectivity index (χ4n) is 2.20. The summed E-state index contributed by atoms with van der Waals surface area (Å²) >= 11 is 0. The topological polar surface area (TPSA) is 71.2 Å². The molecule has 0 bridgehead atoms. The van der Waals surface area contributed by atoms with E-state index >= 15 is 0 Å². The first-order chi connectivity index (χ1) is 9.81. The van der Waals surface area contributed by atoms with Crippen molar-refractivity contribution in [3.8, 4) is 0 Å². The summed E-state index contributed by atoms with van der Waals surface area (Å²) in [5.74, 6) is 1.12. The molecule has 5 nitrogen and oxygen atoms in total. The van der Waals surface area contributed by atoms with Crippen molar-refractivity contribution in [1.29, 1.82) is 0 Å². The van der Waals surface area contributed by atoms with Gasteiger partial charge in [-0.25, -0.2) is 4.98 Å². The predicted molar refractivity (Wildman–Crippen MR) is 87.2 cm³/mol. The highest BCUT2D eigenvalue weighted by Crippen LogP contribution is 2.20. The molecule has 1 amide bonds. The van der Waals surface area contributed by atoms with Crippen LogP contribution < -0.4 is 16.0 Å². The monoisotopic (exact) mass is 292 g/mol. The molecule has 0 saturated heterocycles. The summed E-state index contributed by atoms with van der Waals surface area (Å²) in [5, 5.41) is 3.40. The van der Waals surface area contributed by atoms with Gasteiger partial charge in [0.25, 0.3) is 0 Å². The van der Waals surface area contributed by atoms with Crippen LogP contribution in [0.5, 0.6) is 0 Å². The molecule has 0 saturated carbocycles. The van der Waals surface area contributed by atoms with Gasteiger partial charge in [0.15, 0.2) is 0 Å². The van der Waals surface area contributed by atoms with Gasteiger partial charge in [-0.05, 0) is 50.4 Å². The van der Waals surface area contributed by atoms with Crippen LogP contribution >= 0.6 is 0 Å². The van der Waals surface area contributed by atoms with Crippen LogP contribution in [0.4, 0.5) is 5.82 Å². The molecule has 118 valence electrons. The number of carbonyl (C=O) groups excluding carboxylic acids is 1. The summed E-state index contributed by atoms with van der Waals surface area (Å²) in [5.41, 5.74) is 7.54. The molecule has 1 heterocycles. The van der Waals surface area contributed by atoms with Crippen molar-refractivity contribution in [2.75, 3.05) is 18.0 Å². The molecule has 0 aliphatic heterocycles. The van der Waals surface area contributed by atoms with Crippen LogP contribution in [0.3, 0.4) is 0 Å². The Bertz CT molecular complexity index is 471. The van der Waals surface area contributed by atoms with Gasteiger partial charge in [-0.3, -0.25) is 4.79 Å². The van der Waals surface area contributed by atoms with Crippen LogP contribution in [0.1, 0.15) is 38.8 Å². The first-order valence-corrected chi connectivity index (χ1v) is 7.52. The maximum Gasteiger partial charge on any atom is 0.237 e. The SMILES string of the molecule is Cc1cc(CNCC(C)C)cnc1N(CC(N)=O)C(C)C. The van der Waals surface area contributed by atoms with E-state index in [1.165, 1.54) is 0 Å². The average molecular weight is 292 g/mol. The fourth-order valence-corrected chi connectivity index (χ4v) is 2.20. The number of hydrogen-bond donors (Lipinski definition) is 2. The molecule has 0 aliphatic carbocycles. The molecule has 0 fully saturated rings. The lowest BCUT2D eigenvalue weighted by atomic mass is 10.1. The van der Waals surface area contributed by atoms with Gasteiger partial charge in [-0.15, -0.1) is 0 Å². The van der Waals surface area contributed by atoms with E-state index in [0.717, 1.165) is 30.0 Å². The Morgan fingerprint density at radius 3 is 2.52 bits per heavy atom. The molecular weight excluding hydrogens is 264 g/mol. The minimum Gasteiger partial charge on any atom is -0.368 e. The largest absolute Gasteiger partial charge is 0.368 e. The number of hydrogen-bond acceptors (Lipinski definition) is 4. The van der Waals surface area contributed by atoms with Crippen molar-refractivity contribution >= 4 is 11.7 Å². The standard InChI is InChI=1S/C16H28N4O/c1-11(2)7-18-8-14-6-13(5)16(19-9-14)20(12(3)4)10-15(17)21/h6,9,11-12,18H,7-8,10H2,1-5H3,(H2,17,21). The molecule has 0 atom stereocenters. The zero-order valence-corrected chi connectivity index (χ0v) is 13.8. The van der Waals surface area contributed by atoms with Crippen molar-refractivity contribution in [2.45, 2.75) is 47.2 Å². The Morgan fingerprint density at radius 1 is 1.38 bits per heavy atom. The molecule has 3 N–H and O–H groups in total. The van der Waals surface area contributed by atoms with Crippen LogP contribution in [-0.2, 0) is 11.3 Å². The molecule has 0 aliphatic rings. The Kier molecular flexibility index (Phi) is 6.62. The van der Waals surface area contributed by atoms with E-state index in [9.17, 15) is 4.79 Å². The summed E-state index contributed by atoms with van der Waals surface area (Å²) < 4.78 is 0. The van der Waals surface area contributed by atoms with E-state index in [-0.39, 0.29) is 18.5 Å². The van der Waals surface area contributed by atoms with Gasteiger partial charge in [0.2, 0.25) is 5.91 Å². The number of primary amides is 1. The highest BCUT2D eigenvalue weighted by Gasteiger charge is 2.16. The van der Waals surface area contributed by atoms with Gasteiger partial charge < -0.3 is 16.0 Å². The third-order valence-electron chi connectivity index (χ3n) is 3.21. The number of nitrogens with one attached hydrogen (secondary N) is 1. The van der Waals surface area contributed by atoms with Crippen molar-refractivity contribution in [1.82, 2.24) is 10.3 Å². The smallest absolute Gasteiger partial charge is 0.237 e. The first kappa shape index (κ1) is 17.4. The van der Waals surface area contributed by atoms with Gasteiger partial charge in [0.05, 0.1) is 6.54 Å². The number of pyridine rings is 1. The fraction of sp³-hybridized carbons (Fsp3) is 0.625. The number of aryl methyl sites for hydroxylation is 1. The maximum atomic E-state index is 11.2. The normalized spacial score (nSPS) is 11.2. The van der Waals surface area contributed by atoms with Gasteiger partial charge in [-0.2, -0.15) is 0 Å². The zero-order chi connectivity index (χ0) is 16.0. The van der Waals surface area contributed by atoms with E-state index in [2.05, 4.69) is 30.2 Å². The third-order valence-corrected chi connectivity index (χ3v) is 3.21. The number of rotatable bonds is 8. The quantitative estimate of drug-likeness (QED) is 0.767. The second kappa shape index (κ2) is 7.98. The Labute approximate surface area is 127 Å². The minimum absolute atomic E-state index is 0.175. The number of amides is 1. The summed E-state index contributed by atoms with van der Waals surface area (Å²) in [6.07, 6.45) is 1.87. The van der Waals surface area contributed by atoms with Crippen molar-refractivity contribution in [3.05, 3.63) is 23.4 Å². The summed E-state index contributed by atoms with van der Waals surface area (Å²) in [6, 6.07) is 2.29. The molecule has 0 spiro atoms. The zero-order valence-electron chi connectivity index (χ0n) is 13.8. The Morgan fingerprint density at radius 2 is 2.05 bits per heavy atom. The van der Waals surface area contributed by atoms with Crippen molar-refractivity contribution in [3.63, 3.8) is 0 Å². The van der Waals surface area contributed by atoms with Gasteiger partial charge in [-0.1, -0.05) is 13.8 Å². The Hall–Kier alpha value is -1.62. The molecule has 0 radical (unpaired) electrons. The average Bonchev–Trinajstić information content (AvgIpc) is 2.35. The van der Waals surface area contributed by atoms with Gasteiger partial charge >= 0.3 is 0 Å². The first-order valence-electron chi connectivity index (χ1n) is 7.52. The van der Waals surface area contributed by atoms with Crippen molar-refractivity contribution in [2.24, 2.45) is 11.7 Å². The second-order valence-corrected chi connectivity index (χ2v) is 6.20. The van der Waals surface area contributed by atoms with Crippen LogP contribution in [-0.4, -0.2) is 30.0 Å². The minimum atomic E-state index is -0.340. The van der Waals surface area contributed by atoms with Crippen LogP contribution in [0.25, 0.3) is 0 Å². The lowest BCUT2D eigenvalue weighted by molar-refractivity contribution is -0.116. The highest BCUT2D eigenvalue weighted by molar-refractivity contribution is 5.79. The van der Waals surface area contributed by atoms with E-state index in [4.69, 9.17) is 5.73 Å². The molecule has 5 heteroatoms. The van der Waals surface area contributed by atoms with Crippen molar-refractivity contribution < 1.29 is 4.79 Å². The molecule has 21 heavy (non-hydrogen) atoms. The van der Waals surface area contributed by atoms with E-state index in [0.29, 0.717) is 5.92 Å². The Balaban J connectivity index is 2.82. The lowest BCUT2D eigenvalue weighted by Gasteiger charge is -2.28. The molecule has 1 aromatic heterocycles. The van der Waals surface area contributed by atoms with Crippen LogP contribution in [0, 0.1) is 12.8 Å². The summed E-state index contributed by atoms with van der Waals surface area (Å²) in [7, 11) is 0. The second-order valence-electron chi connectivity index (χ2n) is 6.20. The van der Waals surface area contributed by atoms with E-state index in [1.54, 1.807) is 0 Å². The van der Waals surface area contributed by atoms with Crippen LogP contribution in [0.15, 0.2) is 12.3 Å². The number of nitrogens with two attached hydrogens (primary N) is 1. The molecular formula is C16H28N4O. The lowest BCUT2D eigenvalue weighted by Crippen LogP contribution is -2.39. The summed E-state index contributed by atoms with van der Waals surface area (Å²) in [6.45, 7) is 12.4. The molecule has 1 rings (SSSR count). The third kappa shape index (κ3) is 5.71. The predicted octanol–water partition coefficient (Wildman–Crippen LogP) is 1.84. The van der Waals surface area contributed by atoms with Gasteiger partial charge in [0.1, 0.15) is 5.82 Å². The number of aromatic nitrogens is 1. The van der Waals surface area contributed by atoms with Gasteiger partial charge in [0, 0.05) is 18.8 Å². The highest BCUT2D eigenvalue weighted by atomic mass is 16.1. The number of anilines is 1. The maximum absolute atomic E-state index is 11.2.